The van der Waals surface area contributed by atoms with Crippen molar-refractivity contribution in [3.05, 3.63) is 265 Å². The smallest absolute Gasteiger partial charge is 0.0726 e. The van der Waals surface area contributed by atoms with Crippen LogP contribution >= 0.6 is 0 Å². The van der Waals surface area contributed by atoms with Gasteiger partial charge in [0.15, 0.2) is 0 Å². The molecule has 9 aromatic rings. The van der Waals surface area contributed by atoms with E-state index >= 15 is 0 Å². The van der Waals surface area contributed by atoms with E-state index in [-0.39, 0.29) is 5.41 Å². The van der Waals surface area contributed by atoms with E-state index < -0.39 is 10.8 Å². The molecule has 0 heterocycles. The van der Waals surface area contributed by atoms with E-state index in [1.165, 1.54) is 122 Å². The summed E-state index contributed by atoms with van der Waals surface area (Å²) >= 11 is 0. The second kappa shape index (κ2) is 13.4. The third kappa shape index (κ3) is 4.96. The van der Waals surface area contributed by atoms with Crippen LogP contribution in [0.25, 0.3) is 33.4 Å². The summed E-state index contributed by atoms with van der Waals surface area (Å²) < 4.78 is 0. The summed E-state index contributed by atoms with van der Waals surface area (Å²) in [5.41, 5.74) is 31.7. The van der Waals surface area contributed by atoms with Crippen LogP contribution in [-0.2, 0) is 16.2 Å². The molecule has 1 nitrogen and oxygen atoms in total. The highest BCUT2D eigenvalue weighted by molar-refractivity contribution is 5.97. The lowest BCUT2D eigenvalue weighted by Crippen LogP contribution is -2.41. The first-order valence-electron chi connectivity index (χ1n) is 23.7. The average Bonchev–Trinajstić information content (AvgIpc) is 3.87. The summed E-state index contributed by atoms with van der Waals surface area (Å²) in [5.74, 6) is 0. The van der Waals surface area contributed by atoms with Gasteiger partial charge in [-0.1, -0.05) is 176 Å². The maximum absolute atomic E-state index is 2.56. The largest absolute Gasteiger partial charge is 0.310 e. The van der Waals surface area contributed by atoms with E-state index in [2.05, 4.69) is 236 Å². The van der Waals surface area contributed by atoms with Gasteiger partial charge in [-0.25, -0.2) is 0 Å². The van der Waals surface area contributed by atoms with Gasteiger partial charge in [-0.3, -0.25) is 0 Å². The van der Waals surface area contributed by atoms with Crippen molar-refractivity contribution in [1.82, 2.24) is 0 Å². The molecule has 0 unspecified atom stereocenters. The number of benzene rings is 9. The number of anilines is 3. The number of nitrogens with zero attached hydrogens (tertiary/aromatic N) is 1. The first-order valence-corrected chi connectivity index (χ1v) is 23.7. The zero-order valence-electron chi connectivity index (χ0n) is 39.2. The first-order chi connectivity index (χ1) is 31.9. The van der Waals surface area contributed by atoms with Gasteiger partial charge in [-0.05, 0) is 178 Å². The van der Waals surface area contributed by atoms with Crippen molar-refractivity contribution in [3.8, 4) is 33.4 Å². The fraction of sp³-hybridized carbons (Fsp3) is 0.169. The molecule has 1 heteroatoms. The van der Waals surface area contributed by atoms with E-state index in [0.717, 1.165) is 17.1 Å². The van der Waals surface area contributed by atoms with Crippen molar-refractivity contribution >= 4 is 17.1 Å². The molecular formula is C65H53N. The zero-order chi connectivity index (χ0) is 45.0. The summed E-state index contributed by atoms with van der Waals surface area (Å²) in [6.45, 7) is 18.3. The molecule has 4 aliphatic rings. The van der Waals surface area contributed by atoms with Crippen molar-refractivity contribution in [2.75, 3.05) is 4.90 Å². The number of aryl methyl sites for hydroxylation is 6. The van der Waals surface area contributed by atoms with E-state index in [4.69, 9.17) is 0 Å². The minimum Gasteiger partial charge on any atom is -0.310 e. The maximum atomic E-state index is 2.56. The molecule has 318 valence electrons. The van der Waals surface area contributed by atoms with Crippen LogP contribution in [0, 0.1) is 41.5 Å². The molecule has 13 rings (SSSR count). The van der Waals surface area contributed by atoms with Crippen molar-refractivity contribution in [2.45, 2.75) is 71.6 Å². The van der Waals surface area contributed by atoms with Gasteiger partial charge in [0.2, 0.25) is 0 Å². The van der Waals surface area contributed by atoms with Gasteiger partial charge in [0, 0.05) is 22.5 Å². The van der Waals surface area contributed by atoms with Crippen molar-refractivity contribution in [1.29, 1.82) is 0 Å². The molecule has 0 N–H and O–H groups in total. The highest BCUT2D eigenvalue weighted by Gasteiger charge is 2.55. The Morgan fingerprint density at radius 3 is 1.06 bits per heavy atom. The number of hydrogen-bond donors (Lipinski definition) is 0. The maximum Gasteiger partial charge on any atom is 0.0726 e. The van der Waals surface area contributed by atoms with Crippen LogP contribution in [0.3, 0.4) is 0 Å². The van der Waals surface area contributed by atoms with Crippen LogP contribution in [0.15, 0.2) is 176 Å². The Hall–Kier alpha value is -7.22. The molecule has 0 fully saturated rings. The summed E-state index contributed by atoms with van der Waals surface area (Å²) in [5, 5.41) is 0. The van der Waals surface area contributed by atoms with Gasteiger partial charge in [-0.2, -0.15) is 0 Å². The minimum absolute atomic E-state index is 0.176. The number of hydrogen-bond acceptors (Lipinski definition) is 1. The van der Waals surface area contributed by atoms with Gasteiger partial charge in [0.05, 0.1) is 10.8 Å². The van der Waals surface area contributed by atoms with Crippen LogP contribution < -0.4 is 4.90 Å². The highest BCUT2D eigenvalue weighted by atomic mass is 15.1. The lowest BCUT2D eigenvalue weighted by molar-refractivity contribution is 0.562. The second-order valence-electron chi connectivity index (χ2n) is 20.6. The molecule has 0 saturated carbocycles. The Morgan fingerprint density at radius 2 is 0.606 bits per heavy atom. The lowest BCUT2D eigenvalue weighted by atomic mass is 9.55. The van der Waals surface area contributed by atoms with Crippen LogP contribution in [0.2, 0.25) is 0 Å². The molecule has 4 aliphatic carbocycles. The van der Waals surface area contributed by atoms with Crippen LogP contribution in [-0.4, -0.2) is 0 Å². The van der Waals surface area contributed by atoms with Gasteiger partial charge in [0.25, 0.3) is 0 Å². The van der Waals surface area contributed by atoms with Crippen LogP contribution in [0.4, 0.5) is 17.1 Å². The lowest BCUT2D eigenvalue weighted by Gasteiger charge is -2.47. The van der Waals surface area contributed by atoms with Crippen LogP contribution in [0.1, 0.15) is 103 Å². The molecule has 66 heavy (non-hydrogen) atoms. The molecule has 0 aromatic heterocycles. The predicted molar refractivity (Wildman–Crippen MR) is 275 cm³/mol. The molecule has 9 aromatic carbocycles. The van der Waals surface area contributed by atoms with Crippen molar-refractivity contribution in [2.24, 2.45) is 0 Å². The molecule has 0 aliphatic heterocycles. The third-order valence-corrected chi connectivity index (χ3v) is 16.0. The summed E-state index contributed by atoms with van der Waals surface area (Å²) in [6.07, 6.45) is 0. The van der Waals surface area contributed by atoms with E-state index in [0.29, 0.717) is 0 Å². The summed E-state index contributed by atoms with van der Waals surface area (Å²) in [4.78, 5) is 2.55. The van der Waals surface area contributed by atoms with Gasteiger partial charge < -0.3 is 4.90 Å². The van der Waals surface area contributed by atoms with Gasteiger partial charge >= 0.3 is 0 Å². The van der Waals surface area contributed by atoms with Crippen LogP contribution in [0.5, 0.6) is 0 Å². The third-order valence-electron chi connectivity index (χ3n) is 16.0. The van der Waals surface area contributed by atoms with E-state index in [1.807, 2.05) is 0 Å². The van der Waals surface area contributed by atoms with E-state index in [9.17, 15) is 0 Å². The monoisotopic (exact) mass is 847 g/mol. The fourth-order valence-corrected chi connectivity index (χ4v) is 13.4. The predicted octanol–water partition coefficient (Wildman–Crippen LogP) is 16.4. The molecule has 0 saturated heterocycles. The topological polar surface area (TPSA) is 3.24 Å². The molecule has 2 spiro atoms. The normalized spacial score (nSPS) is 15.3. The fourth-order valence-electron chi connectivity index (χ4n) is 13.4. The Bertz CT molecular complexity index is 3470. The second-order valence-corrected chi connectivity index (χ2v) is 20.6. The zero-order valence-corrected chi connectivity index (χ0v) is 39.2. The Labute approximate surface area is 390 Å². The minimum atomic E-state index is -0.509. The van der Waals surface area contributed by atoms with Crippen molar-refractivity contribution < 1.29 is 0 Å². The molecule has 0 radical (unpaired) electrons. The summed E-state index contributed by atoms with van der Waals surface area (Å²) in [7, 11) is 0. The Balaban J connectivity index is 1.11. The average molecular weight is 848 g/mol. The van der Waals surface area contributed by atoms with E-state index in [1.54, 1.807) is 0 Å². The van der Waals surface area contributed by atoms with Crippen molar-refractivity contribution in [3.63, 3.8) is 0 Å². The molecule has 0 amide bonds. The SMILES string of the molecule is Cc1cc(C)cc(N(c2ccc3c(c2)C2(c4ccccc4-3)c3cc(C)ccc3-c3ccc(C)cc32)c2ccc3c(c2)C2(c4ccccc4-3)c3cc(C)ccc3C(C)(C)c3ccc(C)cc32)c1. The highest BCUT2D eigenvalue weighted by Crippen LogP contribution is 2.65. The number of fused-ring (bicyclic) bond motifs is 19. The molecule has 0 atom stereocenters. The number of rotatable bonds is 3. The molecule has 0 bridgehead atoms. The standard InChI is InChI=1S/C65H53N/c1-38-17-23-49-50-24-18-39(2)33-58(50)64(57(49)32-38)53-15-11-9-13-47(53)51-25-21-44(36-59(51)64)66(46-30-42(5)29-43(6)31-46)45-22-26-52-48-14-10-12-16-54(48)65(60(52)37-45)61-34-40(3)19-27-55(61)63(7,8)56-28-20-41(4)35-62(56)65/h9-37H,1-8H3. The summed E-state index contributed by atoms with van der Waals surface area (Å²) in [6, 6.07) is 68.9. The molecular weight excluding hydrogens is 795 g/mol. The van der Waals surface area contributed by atoms with Gasteiger partial charge in [0.1, 0.15) is 0 Å². The quantitative estimate of drug-likeness (QED) is 0.171. The Morgan fingerprint density at radius 1 is 0.258 bits per heavy atom. The first kappa shape index (κ1) is 39.2. The van der Waals surface area contributed by atoms with Gasteiger partial charge in [-0.15, -0.1) is 0 Å². The Kier molecular flexibility index (Phi) is 7.97.